The van der Waals surface area contributed by atoms with E-state index in [0.717, 1.165) is 101 Å². The van der Waals surface area contributed by atoms with E-state index in [1.807, 2.05) is 79.0 Å². The number of H-pyrrole nitrogens is 3. The molecular formula is C95H103BF4Ir4N16O4-4. The second-order valence-electron chi connectivity index (χ2n) is 28.9. The van der Waals surface area contributed by atoms with Crippen LogP contribution in [0.15, 0.2) is 275 Å². The molecular weight excluding hydrogens is 2280 g/mol. The zero-order valence-electron chi connectivity index (χ0n) is 70.2. The summed E-state index contributed by atoms with van der Waals surface area (Å²) >= 11 is 0. The molecule has 658 valence electrons. The third-order valence-electron chi connectivity index (χ3n) is 16.8. The first-order chi connectivity index (χ1) is 57.1. The van der Waals surface area contributed by atoms with Crippen LogP contribution >= 0.6 is 0 Å². The number of hydrogen-bond acceptors (Lipinski definition) is 14. The molecule has 0 amide bonds. The fraction of sp³-hybridized carbons (Fsp3) is 0.242. The van der Waals surface area contributed by atoms with Crippen molar-refractivity contribution in [1.82, 2.24) is 80.2 Å². The van der Waals surface area contributed by atoms with Crippen molar-refractivity contribution in [2.75, 3.05) is 0 Å². The fourth-order valence-electron chi connectivity index (χ4n) is 10.4. The monoisotopic (exact) mass is 2390 g/mol. The van der Waals surface area contributed by atoms with Crippen LogP contribution in [0.3, 0.4) is 0 Å². The summed E-state index contributed by atoms with van der Waals surface area (Å²) in [4.78, 5) is 53.0. The maximum absolute atomic E-state index is 13.7. The Kier molecular flexibility index (Phi) is 54.2. The van der Waals surface area contributed by atoms with Crippen LogP contribution in [0.4, 0.5) is 17.6 Å². The number of benzene rings is 3. The Morgan fingerprint density at radius 2 is 0.935 bits per heavy atom. The largest absolute Gasteiger partial charge is 0.477 e. The van der Waals surface area contributed by atoms with Crippen LogP contribution in [0.5, 0.6) is 0 Å². The molecule has 3 aromatic carbocycles. The van der Waals surface area contributed by atoms with Crippen LogP contribution in [0.1, 0.15) is 177 Å². The number of aromatic carboxylic acids is 2. The molecule has 3 unspecified atom stereocenters. The smallest absolute Gasteiger partial charge is 0.354 e. The van der Waals surface area contributed by atoms with E-state index >= 15 is 0 Å². The molecule has 12 aromatic heterocycles. The SMILES string of the molecule is C.CC(C)(C)Cc1ccnc(-c2[c-]cc(F)cc2F)c1.CC(C)(C)Cc1ccnc(-c2[c-]cc(F)nc2F)c1.CCC(C)c1c[c-]c(-c2ccccn2)c(C(C)CC)n1.CCC(C)c1cccc(-c2[c-]ccc(-c3ccccc3)c2)n1.O=C(O)c1ccccn1.O=C(O)c1ccccn1.[B]n1cccn1.[Ir].[Ir].[Ir].[Ir].c1cn[nH]c1.c1cn[nH]c1.c1cn[nH]c1. The Bertz CT molecular complexity index is 5040. The van der Waals surface area contributed by atoms with Gasteiger partial charge in [0, 0.05) is 178 Å². The summed E-state index contributed by atoms with van der Waals surface area (Å²) in [6.45, 7) is 26.0. The number of rotatable bonds is 15. The molecule has 0 aliphatic rings. The van der Waals surface area contributed by atoms with Gasteiger partial charge in [0.15, 0.2) is 0 Å². The summed E-state index contributed by atoms with van der Waals surface area (Å²) in [5.74, 6) is -3.64. The maximum Gasteiger partial charge on any atom is 0.354 e. The van der Waals surface area contributed by atoms with Crippen molar-refractivity contribution >= 4 is 19.9 Å². The topological polar surface area (TPSA) is 282 Å². The number of carboxylic acids is 2. The van der Waals surface area contributed by atoms with E-state index in [0.29, 0.717) is 29.1 Å². The summed E-state index contributed by atoms with van der Waals surface area (Å²) in [6, 6.07) is 70.0. The van der Waals surface area contributed by atoms with Crippen molar-refractivity contribution in [2.24, 2.45) is 10.8 Å². The van der Waals surface area contributed by atoms with E-state index in [9.17, 15) is 27.2 Å². The van der Waals surface area contributed by atoms with Gasteiger partial charge in [-0.15, -0.1) is 71.3 Å². The summed E-state index contributed by atoms with van der Waals surface area (Å²) < 4.78 is 54.2. The van der Waals surface area contributed by atoms with Gasteiger partial charge in [0.2, 0.25) is 0 Å². The average Bonchev–Trinajstić information content (AvgIpc) is 0.910. The number of carbonyl (C=O) groups is 2. The van der Waals surface area contributed by atoms with Gasteiger partial charge in [-0.1, -0.05) is 217 Å². The minimum atomic E-state index is -0.990. The molecule has 5 N–H and O–H groups in total. The van der Waals surface area contributed by atoms with Crippen molar-refractivity contribution < 1.29 is 118 Å². The molecule has 0 saturated carbocycles. The quantitative estimate of drug-likeness (QED) is 0.0276. The van der Waals surface area contributed by atoms with Gasteiger partial charge in [0.25, 0.3) is 7.98 Å². The molecule has 6 radical (unpaired) electrons. The normalized spacial score (nSPS) is 10.6. The summed E-state index contributed by atoms with van der Waals surface area (Å²) in [7, 11) is 5.08. The molecule has 0 bridgehead atoms. The first-order valence-corrected chi connectivity index (χ1v) is 38.4. The molecule has 29 heteroatoms. The Balaban J connectivity index is 0.000000714. The van der Waals surface area contributed by atoms with E-state index in [1.54, 1.807) is 98.4 Å². The summed E-state index contributed by atoms with van der Waals surface area (Å²) in [6.07, 6.45) is 26.6. The average molecular weight is 2390 g/mol. The Hall–Kier alpha value is -11.0. The Morgan fingerprint density at radius 3 is 1.35 bits per heavy atom. The summed E-state index contributed by atoms with van der Waals surface area (Å²) in [5.41, 5.74) is 13.7. The fourth-order valence-corrected chi connectivity index (χ4v) is 10.4. The zero-order chi connectivity index (χ0) is 86.4. The first kappa shape index (κ1) is 111. The molecule has 12 heterocycles. The van der Waals surface area contributed by atoms with Gasteiger partial charge in [-0.3, -0.25) is 29.1 Å². The van der Waals surface area contributed by atoms with Crippen LogP contribution in [-0.4, -0.2) is 110 Å². The van der Waals surface area contributed by atoms with Gasteiger partial charge in [-0.05, 0) is 160 Å². The van der Waals surface area contributed by atoms with E-state index in [2.05, 4.69) is 228 Å². The third kappa shape index (κ3) is 42.4. The second kappa shape index (κ2) is 60.5. The van der Waals surface area contributed by atoms with Crippen LogP contribution in [-0.2, 0) is 93.3 Å². The van der Waals surface area contributed by atoms with Crippen molar-refractivity contribution in [1.29, 1.82) is 0 Å². The van der Waals surface area contributed by atoms with Gasteiger partial charge in [-0.25, -0.2) is 28.3 Å². The number of aromatic nitrogens is 16. The second-order valence-corrected chi connectivity index (χ2v) is 28.9. The maximum atomic E-state index is 13.7. The van der Waals surface area contributed by atoms with Crippen molar-refractivity contribution in [2.45, 2.75) is 140 Å². The van der Waals surface area contributed by atoms with Gasteiger partial charge in [-0.2, -0.15) is 20.4 Å². The van der Waals surface area contributed by atoms with E-state index in [1.165, 1.54) is 40.2 Å². The Labute approximate surface area is 781 Å². The number of nitrogens with zero attached hydrogens (tertiary/aromatic N) is 13. The number of nitrogens with one attached hydrogen (secondary N) is 3. The van der Waals surface area contributed by atoms with Crippen LogP contribution in [0.2, 0.25) is 0 Å². The molecule has 15 aromatic rings. The number of hydrogen-bond donors (Lipinski definition) is 5. The van der Waals surface area contributed by atoms with Crippen LogP contribution < -0.4 is 0 Å². The standard InChI is InChI=1S/C21H20N.C18H23N2.C16H16F2N.C15H15F2N2.2C6H5NO2.C3H3BN2.3C3H4N2.CH4.4Ir/c1-3-16(2)20-13-8-14-21(22-20)19-12-7-11-18(15-19)17-9-5-4-6-10-17;1-5-13(3)16-11-10-15(17-9-7-8-12-19-17)18(20-16)14(4)6-2;1-16(2,3)10-11-6-7-19-15(8-11)13-5-4-12(17)9-14(13)18;1-15(2,3)9-10-6-7-18-12(8-10)11-4-5-13(16)19-14(11)17;2*8-6(9)5-3-1-2-4-7-5;4-6-3-1-2-5-6;3*1-2-4-5-3-1;;;;;/h4-11,13-16H,3H2,1-2H3;7-9,11-14H,5-6H2,1-4H3;4,6-9H,10H2,1-3H3;5-8H,9H2,1-3H3;2*1-4H,(H,8,9);1-3H;3*1-3H,(H,4,5);1H4;;;;/q4*-1;;;;;;;;;;;. The Morgan fingerprint density at radius 1 is 0.452 bits per heavy atom. The molecule has 20 nitrogen and oxygen atoms in total. The van der Waals surface area contributed by atoms with Crippen LogP contribution in [0.25, 0.3) is 56.2 Å². The first-order valence-electron chi connectivity index (χ1n) is 38.4. The zero-order valence-corrected chi connectivity index (χ0v) is 79.8. The van der Waals surface area contributed by atoms with E-state index in [-0.39, 0.29) is 121 Å². The molecule has 3 atom stereocenters. The van der Waals surface area contributed by atoms with Gasteiger partial charge >= 0.3 is 11.9 Å². The molecule has 0 aliphatic heterocycles. The molecule has 15 rings (SSSR count). The predicted molar refractivity (Wildman–Crippen MR) is 466 cm³/mol. The molecule has 124 heavy (non-hydrogen) atoms. The number of halogens is 4. The number of carboxylic acid groups (broad SMARTS) is 2. The molecule has 0 fully saturated rings. The summed E-state index contributed by atoms with van der Waals surface area (Å²) in [5, 5.41) is 38.9. The van der Waals surface area contributed by atoms with Crippen molar-refractivity contribution in [3.05, 3.63) is 362 Å². The predicted octanol–water partition coefficient (Wildman–Crippen LogP) is 22.2. The molecule has 0 spiro atoms. The third-order valence-corrected chi connectivity index (χ3v) is 16.8. The van der Waals surface area contributed by atoms with E-state index < -0.39 is 35.5 Å². The van der Waals surface area contributed by atoms with Crippen molar-refractivity contribution in [3.8, 4) is 56.2 Å². The van der Waals surface area contributed by atoms with Crippen LogP contribution in [0, 0.1) is 58.6 Å². The minimum Gasteiger partial charge on any atom is -0.477 e. The number of aromatic amines is 3. The van der Waals surface area contributed by atoms with E-state index in [4.69, 9.17) is 28.2 Å². The molecule has 0 saturated heterocycles. The minimum absolute atomic E-state index is 0. The molecule has 0 aliphatic carbocycles. The number of pyridine rings is 8. The van der Waals surface area contributed by atoms with Gasteiger partial charge in [0.05, 0.1) is 0 Å². The van der Waals surface area contributed by atoms with Gasteiger partial charge in [0.1, 0.15) is 23.3 Å². The van der Waals surface area contributed by atoms with Gasteiger partial charge < -0.3 is 39.7 Å². The van der Waals surface area contributed by atoms with Crippen molar-refractivity contribution in [3.63, 3.8) is 0 Å².